The molecular weight excluding hydrogens is 372 g/mol. The molecule has 2 aromatic rings. The normalized spacial score (nSPS) is 11.3. The third kappa shape index (κ3) is 7.29. The van der Waals surface area contributed by atoms with E-state index in [9.17, 15) is 14.4 Å². The van der Waals surface area contributed by atoms with Crippen molar-refractivity contribution in [3.05, 3.63) is 53.6 Å². The van der Waals surface area contributed by atoms with Crippen LogP contribution in [0.4, 0.5) is 11.4 Å². The number of esters is 1. The molecule has 0 fully saturated rings. The Labute approximate surface area is 170 Å². The van der Waals surface area contributed by atoms with Crippen LogP contribution in [0.2, 0.25) is 0 Å². The summed E-state index contributed by atoms with van der Waals surface area (Å²) in [5.74, 6) is -0.407. The second-order valence-corrected chi connectivity index (χ2v) is 6.75. The summed E-state index contributed by atoms with van der Waals surface area (Å²) < 4.78 is 10.8. The van der Waals surface area contributed by atoms with Crippen LogP contribution in [0.25, 0.3) is 0 Å². The minimum Gasteiger partial charge on any atom is -0.493 e. The van der Waals surface area contributed by atoms with E-state index in [0.29, 0.717) is 11.4 Å². The summed E-state index contributed by atoms with van der Waals surface area (Å²) in [5, 5.41) is 5.30. The second-order valence-electron chi connectivity index (χ2n) is 6.75. The van der Waals surface area contributed by atoms with Crippen molar-refractivity contribution >= 4 is 29.2 Å². The van der Waals surface area contributed by atoms with Crippen LogP contribution in [0, 0.1) is 13.8 Å². The number of hydrogen-bond donors (Lipinski definition) is 2. The van der Waals surface area contributed by atoms with Crippen LogP contribution >= 0.6 is 0 Å². The van der Waals surface area contributed by atoms with Crippen LogP contribution in [0.5, 0.6) is 5.75 Å². The Balaban J connectivity index is 1.77. The summed E-state index contributed by atoms with van der Waals surface area (Å²) in [5.41, 5.74) is 3.22. The molecule has 7 heteroatoms. The van der Waals surface area contributed by atoms with E-state index in [-0.39, 0.29) is 18.9 Å². The highest BCUT2D eigenvalue weighted by Gasteiger charge is 2.18. The van der Waals surface area contributed by atoms with Crippen LogP contribution in [0.1, 0.15) is 31.4 Å². The Bertz CT molecular complexity index is 877. The molecule has 29 heavy (non-hydrogen) atoms. The predicted octanol–water partition coefficient (Wildman–Crippen LogP) is 3.60. The molecule has 1 atom stereocenters. The van der Waals surface area contributed by atoms with Gasteiger partial charge in [-0.2, -0.15) is 0 Å². The van der Waals surface area contributed by atoms with E-state index in [1.165, 1.54) is 13.8 Å². The monoisotopic (exact) mass is 398 g/mol. The lowest BCUT2D eigenvalue weighted by Gasteiger charge is -2.14. The first kappa shape index (κ1) is 21.9. The van der Waals surface area contributed by atoms with Crippen molar-refractivity contribution in [3.8, 4) is 5.75 Å². The minimum atomic E-state index is -0.946. The Kier molecular flexibility index (Phi) is 7.77. The van der Waals surface area contributed by atoms with Crippen molar-refractivity contribution in [2.24, 2.45) is 0 Å². The van der Waals surface area contributed by atoms with Crippen molar-refractivity contribution in [2.75, 3.05) is 17.2 Å². The van der Waals surface area contributed by atoms with Gasteiger partial charge in [0.05, 0.1) is 13.0 Å². The third-order valence-corrected chi connectivity index (χ3v) is 4.06. The molecule has 0 aromatic heterocycles. The topological polar surface area (TPSA) is 93.7 Å². The fourth-order valence-electron chi connectivity index (χ4n) is 2.50. The predicted molar refractivity (Wildman–Crippen MR) is 111 cm³/mol. The van der Waals surface area contributed by atoms with E-state index in [1.54, 1.807) is 24.3 Å². The summed E-state index contributed by atoms with van der Waals surface area (Å²) >= 11 is 0. The maximum atomic E-state index is 12.2. The summed E-state index contributed by atoms with van der Waals surface area (Å²) in [6.07, 6.45) is -0.908. The number of carbonyl (C=O) groups is 3. The largest absolute Gasteiger partial charge is 0.493 e. The molecule has 0 heterocycles. The van der Waals surface area contributed by atoms with Gasteiger partial charge < -0.3 is 20.1 Å². The lowest BCUT2D eigenvalue weighted by Crippen LogP contribution is -2.30. The van der Waals surface area contributed by atoms with Gasteiger partial charge in [0.2, 0.25) is 5.91 Å². The van der Waals surface area contributed by atoms with Crippen molar-refractivity contribution < 1.29 is 23.9 Å². The number of amides is 2. The Morgan fingerprint density at radius 1 is 0.966 bits per heavy atom. The average Bonchev–Trinajstić information content (AvgIpc) is 2.65. The molecule has 7 nitrogen and oxygen atoms in total. The molecule has 0 aliphatic rings. The van der Waals surface area contributed by atoms with Gasteiger partial charge in [-0.05, 0) is 62.2 Å². The number of carbonyl (C=O) groups excluding carboxylic acids is 3. The lowest BCUT2D eigenvalue weighted by atomic mass is 10.1. The number of anilines is 2. The van der Waals surface area contributed by atoms with E-state index < -0.39 is 18.0 Å². The maximum Gasteiger partial charge on any atom is 0.310 e. The van der Waals surface area contributed by atoms with Gasteiger partial charge in [-0.15, -0.1) is 0 Å². The van der Waals surface area contributed by atoms with Crippen molar-refractivity contribution in [2.45, 2.75) is 40.2 Å². The van der Waals surface area contributed by atoms with E-state index in [1.807, 2.05) is 32.0 Å². The molecule has 0 aliphatic heterocycles. The third-order valence-electron chi connectivity index (χ3n) is 4.06. The SMILES string of the molecule is CC(=O)Nc1ccc(NC(=O)[C@@H](C)OC(=O)CCOc2cc(C)ccc2C)cc1. The van der Waals surface area contributed by atoms with Crippen molar-refractivity contribution in [3.63, 3.8) is 0 Å². The first-order chi connectivity index (χ1) is 13.7. The molecule has 2 amide bonds. The highest BCUT2D eigenvalue weighted by Crippen LogP contribution is 2.19. The zero-order chi connectivity index (χ0) is 21.4. The Morgan fingerprint density at radius 3 is 2.21 bits per heavy atom. The van der Waals surface area contributed by atoms with Crippen LogP contribution in [0.3, 0.4) is 0 Å². The molecule has 0 saturated heterocycles. The van der Waals surface area contributed by atoms with Crippen molar-refractivity contribution in [1.29, 1.82) is 0 Å². The molecule has 0 spiro atoms. The Hall–Kier alpha value is -3.35. The van der Waals surface area contributed by atoms with E-state index in [4.69, 9.17) is 9.47 Å². The molecule has 0 saturated carbocycles. The van der Waals surface area contributed by atoms with E-state index in [0.717, 1.165) is 16.9 Å². The molecule has 0 radical (unpaired) electrons. The number of nitrogens with one attached hydrogen (secondary N) is 2. The van der Waals surface area contributed by atoms with Crippen LogP contribution in [-0.2, 0) is 19.1 Å². The highest BCUT2D eigenvalue weighted by atomic mass is 16.5. The fraction of sp³-hybridized carbons (Fsp3) is 0.318. The first-order valence-corrected chi connectivity index (χ1v) is 9.32. The van der Waals surface area contributed by atoms with Crippen LogP contribution in [0.15, 0.2) is 42.5 Å². The first-order valence-electron chi connectivity index (χ1n) is 9.32. The van der Waals surface area contributed by atoms with E-state index >= 15 is 0 Å². The molecule has 0 bridgehead atoms. The fourth-order valence-corrected chi connectivity index (χ4v) is 2.50. The van der Waals surface area contributed by atoms with Gasteiger partial charge in [0.1, 0.15) is 5.75 Å². The van der Waals surface area contributed by atoms with Crippen LogP contribution in [-0.4, -0.2) is 30.5 Å². The van der Waals surface area contributed by atoms with Gasteiger partial charge >= 0.3 is 5.97 Å². The number of rotatable bonds is 8. The highest BCUT2D eigenvalue weighted by molar-refractivity contribution is 5.95. The smallest absolute Gasteiger partial charge is 0.310 e. The standard InChI is InChI=1S/C22H26N2O5/c1-14-5-6-15(2)20(13-14)28-12-11-21(26)29-16(3)22(27)24-19-9-7-18(8-10-19)23-17(4)25/h5-10,13,16H,11-12H2,1-4H3,(H,23,25)(H,24,27)/t16-/m1/s1. The zero-order valence-electron chi connectivity index (χ0n) is 17.1. The molecule has 0 unspecified atom stereocenters. The Morgan fingerprint density at radius 2 is 1.59 bits per heavy atom. The van der Waals surface area contributed by atoms with Gasteiger partial charge in [-0.3, -0.25) is 14.4 Å². The molecule has 0 aliphatic carbocycles. The quantitative estimate of drug-likeness (QED) is 0.663. The minimum absolute atomic E-state index is 0.0381. The summed E-state index contributed by atoms with van der Waals surface area (Å²) in [6.45, 7) is 6.99. The summed E-state index contributed by atoms with van der Waals surface area (Å²) in [6, 6.07) is 12.5. The molecule has 2 rings (SSSR count). The second kappa shape index (κ2) is 10.3. The molecular formula is C22H26N2O5. The maximum absolute atomic E-state index is 12.2. The van der Waals surface area contributed by atoms with Gasteiger partial charge in [0.25, 0.3) is 5.91 Å². The van der Waals surface area contributed by atoms with Gasteiger partial charge in [0.15, 0.2) is 6.10 Å². The summed E-state index contributed by atoms with van der Waals surface area (Å²) in [4.78, 5) is 35.2. The number of ether oxygens (including phenoxy) is 2. The molecule has 154 valence electrons. The van der Waals surface area contributed by atoms with Gasteiger partial charge in [0, 0.05) is 18.3 Å². The van der Waals surface area contributed by atoms with E-state index in [2.05, 4.69) is 10.6 Å². The number of hydrogen-bond acceptors (Lipinski definition) is 5. The summed E-state index contributed by atoms with van der Waals surface area (Å²) in [7, 11) is 0. The van der Waals surface area contributed by atoms with Gasteiger partial charge in [-0.25, -0.2) is 0 Å². The van der Waals surface area contributed by atoms with Crippen LogP contribution < -0.4 is 15.4 Å². The molecule has 2 aromatic carbocycles. The zero-order valence-corrected chi connectivity index (χ0v) is 17.1. The molecule has 2 N–H and O–H groups in total. The van der Waals surface area contributed by atoms with Gasteiger partial charge in [-0.1, -0.05) is 12.1 Å². The lowest BCUT2D eigenvalue weighted by molar-refractivity contribution is -0.153. The number of aryl methyl sites for hydroxylation is 2. The van der Waals surface area contributed by atoms with Crippen molar-refractivity contribution in [1.82, 2.24) is 0 Å². The number of benzene rings is 2. The average molecular weight is 398 g/mol.